The van der Waals surface area contributed by atoms with Gasteiger partial charge < -0.3 is 14.7 Å². The van der Waals surface area contributed by atoms with Crippen molar-refractivity contribution in [3.63, 3.8) is 0 Å². The van der Waals surface area contributed by atoms with Crippen molar-refractivity contribution in [3.8, 4) is 11.4 Å². The van der Waals surface area contributed by atoms with Crippen molar-refractivity contribution in [2.75, 3.05) is 26.2 Å². The maximum Gasteiger partial charge on any atom is 0.573 e. The van der Waals surface area contributed by atoms with Crippen LogP contribution in [0, 0.1) is 13.8 Å². The Balaban J connectivity index is 1.53. The summed E-state index contributed by atoms with van der Waals surface area (Å²) in [6.07, 6.45) is -3.48. The number of β-amino-alcohol motifs (C(OH)–C–C–N with tert-alkyl or cyclic N) is 1. The quantitative estimate of drug-likeness (QED) is 0.795. The number of aliphatic hydroxyl groups is 1. The largest absolute Gasteiger partial charge is 0.573 e. The molecule has 2 fully saturated rings. The number of carbonyl (C=O) groups excluding carboxylic acids is 1. The van der Waals surface area contributed by atoms with E-state index in [1.807, 2.05) is 0 Å². The summed E-state index contributed by atoms with van der Waals surface area (Å²) in [4.78, 5) is 17.3. The molecule has 168 valence electrons. The zero-order chi connectivity index (χ0) is 22.3. The first-order valence-electron chi connectivity index (χ1n) is 10.3. The third-order valence-corrected chi connectivity index (χ3v) is 5.96. The van der Waals surface area contributed by atoms with Crippen molar-refractivity contribution < 1.29 is 27.8 Å². The Bertz CT molecular complexity index is 975. The SMILES string of the molecule is Cc1nn(-c2cccc(OC(F)(F)F)c2)c(C)c1C(=O)N1CCC(N2CCC(O)C2)C1. The third-order valence-electron chi connectivity index (χ3n) is 5.96. The van der Waals surface area contributed by atoms with Crippen LogP contribution in [0.4, 0.5) is 13.2 Å². The number of ether oxygens (including phenoxy) is 1. The van der Waals surface area contributed by atoms with Crippen LogP contribution in [0.2, 0.25) is 0 Å². The Morgan fingerprint density at radius 2 is 1.97 bits per heavy atom. The van der Waals surface area contributed by atoms with Gasteiger partial charge in [0.2, 0.25) is 0 Å². The van der Waals surface area contributed by atoms with Gasteiger partial charge in [0.05, 0.1) is 28.7 Å². The maximum atomic E-state index is 13.2. The number of aromatic nitrogens is 2. The molecule has 0 radical (unpaired) electrons. The fourth-order valence-electron chi connectivity index (χ4n) is 4.50. The minimum atomic E-state index is -4.79. The fraction of sp³-hybridized carbons (Fsp3) is 0.524. The average Bonchev–Trinajstić information content (AvgIpc) is 3.39. The molecule has 2 atom stereocenters. The van der Waals surface area contributed by atoms with Crippen molar-refractivity contribution >= 4 is 5.91 Å². The van der Waals surface area contributed by atoms with Gasteiger partial charge >= 0.3 is 6.36 Å². The van der Waals surface area contributed by atoms with Crippen molar-refractivity contribution in [2.24, 2.45) is 0 Å². The van der Waals surface area contributed by atoms with Gasteiger partial charge in [0.1, 0.15) is 5.75 Å². The van der Waals surface area contributed by atoms with E-state index in [0.29, 0.717) is 42.3 Å². The van der Waals surface area contributed by atoms with Gasteiger partial charge in [-0.05, 0) is 38.8 Å². The number of likely N-dealkylation sites (tertiary alicyclic amines) is 2. The molecular formula is C21H25F3N4O3. The molecule has 1 aromatic heterocycles. The van der Waals surface area contributed by atoms with Gasteiger partial charge in [-0.25, -0.2) is 4.68 Å². The van der Waals surface area contributed by atoms with Crippen LogP contribution >= 0.6 is 0 Å². The minimum absolute atomic E-state index is 0.133. The molecule has 4 rings (SSSR count). The zero-order valence-electron chi connectivity index (χ0n) is 17.4. The van der Waals surface area contributed by atoms with Crippen LogP contribution in [-0.2, 0) is 0 Å². The second-order valence-corrected chi connectivity index (χ2v) is 8.13. The van der Waals surface area contributed by atoms with Crippen LogP contribution in [0.5, 0.6) is 5.75 Å². The van der Waals surface area contributed by atoms with Gasteiger partial charge in [0.25, 0.3) is 5.91 Å². The Morgan fingerprint density at radius 3 is 2.65 bits per heavy atom. The zero-order valence-corrected chi connectivity index (χ0v) is 17.4. The molecule has 0 bridgehead atoms. The lowest BCUT2D eigenvalue weighted by molar-refractivity contribution is -0.274. The predicted molar refractivity (Wildman–Crippen MR) is 106 cm³/mol. The van der Waals surface area contributed by atoms with Crippen LogP contribution in [0.15, 0.2) is 24.3 Å². The molecular weight excluding hydrogens is 413 g/mol. The van der Waals surface area contributed by atoms with Crippen LogP contribution in [-0.4, -0.2) is 75.3 Å². The molecule has 0 saturated carbocycles. The lowest BCUT2D eigenvalue weighted by Crippen LogP contribution is -2.38. The van der Waals surface area contributed by atoms with Crippen molar-refractivity contribution in [1.82, 2.24) is 19.6 Å². The van der Waals surface area contributed by atoms with E-state index in [2.05, 4.69) is 14.7 Å². The number of hydrogen-bond acceptors (Lipinski definition) is 5. The molecule has 2 saturated heterocycles. The molecule has 0 spiro atoms. The Morgan fingerprint density at radius 1 is 1.19 bits per heavy atom. The smallest absolute Gasteiger partial charge is 0.406 e. The summed E-state index contributed by atoms with van der Waals surface area (Å²) < 4.78 is 43.1. The fourth-order valence-corrected chi connectivity index (χ4v) is 4.50. The summed E-state index contributed by atoms with van der Waals surface area (Å²) >= 11 is 0. The van der Waals surface area contributed by atoms with Gasteiger partial charge in [-0.15, -0.1) is 13.2 Å². The lowest BCUT2D eigenvalue weighted by Gasteiger charge is -2.23. The number of halogens is 3. The highest BCUT2D eigenvalue weighted by Gasteiger charge is 2.36. The average molecular weight is 438 g/mol. The third kappa shape index (κ3) is 4.54. The van der Waals surface area contributed by atoms with Crippen LogP contribution < -0.4 is 4.74 Å². The van der Waals surface area contributed by atoms with E-state index in [0.717, 1.165) is 19.4 Å². The van der Waals surface area contributed by atoms with Gasteiger partial charge in [-0.1, -0.05) is 6.07 Å². The van der Waals surface area contributed by atoms with E-state index >= 15 is 0 Å². The second-order valence-electron chi connectivity index (χ2n) is 8.13. The summed E-state index contributed by atoms with van der Waals surface area (Å²) in [6.45, 7) is 6.13. The molecule has 2 unspecified atom stereocenters. The van der Waals surface area contributed by atoms with E-state index in [9.17, 15) is 23.1 Å². The summed E-state index contributed by atoms with van der Waals surface area (Å²) in [6, 6.07) is 5.75. The number of aryl methyl sites for hydroxylation is 1. The number of alkyl halides is 3. The number of aliphatic hydroxyl groups excluding tert-OH is 1. The lowest BCUT2D eigenvalue weighted by atomic mass is 10.1. The highest BCUT2D eigenvalue weighted by Crippen LogP contribution is 2.28. The van der Waals surface area contributed by atoms with Crippen LogP contribution in [0.1, 0.15) is 34.6 Å². The first-order valence-corrected chi connectivity index (χ1v) is 10.3. The predicted octanol–water partition coefficient (Wildman–Crippen LogP) is 2.67. The summed E-state index contributed by atoms with van der Waals surface area (Å²) in [5.41, 5.74) is 1.92. The van der Waals surface area contributed by atoms with Crippen LogP contribution in [0.3, 0.4) is 0 Å². The van der Waals surface area contributed by atoms with E-state index in [-0.39, 0.29) is 23.8 Å². The van der Waals surface area contributed by atoms with Gasteiger partial charge in [0, 0.05) is 38.3 Å². The topological polar surface area (TPSA) is 70.8 Å². The second kappa shape index (κ2) is 8.16. The highest BCUT2D eigenvalue weighted by atomic mass is 19.4. The van der Waals surface area contributed by atoms with Crippen molar-refractivity contribution in [2.45, 2.75) is 45.2 Å². The molecule has 2 aromatic rings. The number of nitrogens with zero attached hydrogens (tertiary/aromatic N) is 4. The van der Waals surface area contributed by atoms with Gasteiger partial charge in [-0.2, -0.15) is 5.10 Å². The number of carbonyl (C=O) groups is 1. The monoisotopic (exact) mass is 438 g/mol. The highest BCUT2D eigenvalue weighted by molar-refractivity contribution is 5.96. The van der Waals surface area contributed by atoms with Gasteiger partial charge in [0.15, 0.2) is 0 Å². The maximum absolute atomic E-state index is 13.2. The minimum Gasteiger partial charge on any atom is -0.406 e. The molecule has 1 N–H and O–H groups in total. The first kappa shape index (κ1) is 21.6. The van der Waals surface area contributed by atoms with Crippen molar-refractivity contribution in [3.05, 3.63) is 41.2 Å². The molecule has 3 heterocycles. The molecule has 31 heavy (non-hydrogen) atoms. The molecule has 10 heteroatoms. The molecule has 1 aromatic carbocycles. The molecule has 7 nitrogen and oxygen atoms in total. The number of amides is 1. The van der Waals surface area contributed by atoms with E-state index in [1.165, 1.54) is 22.9 Å². The summed E-state index contributed by atoms with van der Waals surface area (Å²) in [5, 5.41) is 14.2. The Hall–Kier alpha value is -2.59. The molecule has 1 amide bonds. The summed E-state index contributed by atoms with van der Waals surface area (Å²) in [7, 11) is 0. The van der Waals surface area contributed by atoms with Gasteiger partial charge in [-0.3, -0.25) is 9.69 Å². The molecule has 2 aliphatic heterocycles. The Kier molecular flexibility index (Phi) is 5.69. The standard InChI is InChI=1S/C21H25F3N4O3/c1-13-19(20(30)27-8-6-16(11-27)26-9-7-17(29)12-26)14(2)28(25-13)15-4-3-5-18(10-15)31-21(22,23)24/h3-5,10,16-17,29H,6-9,11-12H2,1-2H3. The molecule has 2 aliphatic rings. The van der Waals surface area contributed by atoms with E-state index < -0.39 is 6.36 Å². The molecule has 0 aliphatic carbocycles. The van der Waals surface area contributed by atoms with Crippen molar-refractivity contribution in [1.29, 1.82) is 0 Å². The van der Waals surface area contributed by atoms with Crippen LogP contribution in [0.25, 0.3) is 5.69 Å². The normalized spacial score (nSPS) is 22.3. The number of benzene rings is 1. The summed E-state index contributed by atoms with van der Waals surface area (Å²) in [5.74, 6) is -0.480. The first-order chi connectivity index (χ1) is 14.6. The number of rotatable bonds is 4. The van der Waals surface area contributed by atoms with E-state index in [4.69, 9.17) is 0 Å². The number of hydrogen-bond donors (Lipinski definition) is 1. The van der Waals surface area contributed by atoms with E-state index in [1.54, 1.807) is 24.8 Å². The Labute approximate surface area is 178 Å².